The lowest BCUT2D eigenvalue weighted by Gasteiger charge is -2.46. The highest BCUT2D eigenvalue weighted by atomic mass is 16.7. The molecular weight excluding hydrogens is 442 g/mol. The Bertz CT molecular complexity index is 892. The molecule has 0 spiro atoms. The second-order valence-electron chi connectivity index (χ2n) is 9.07. The van der Waals surface area contributed by atoms with Gasteiger partial charge in [0.25, 0.3) is 0 Å². The van der Waals surface area contributed by atoms with E-state index in [-0.39, 0.29) is 30.1 Å². The number of ether oxygens (including phenoxy) is 5. The first-order valence-electron chi connectivity index (χ1n) is 11.5. The van der Waals surface area contributed by atoms with Gasteiger partial charge in [-0.3, -0.25) is 4.79 Å². The zero-order valence-electron chi connectivity index (χ0n) is 20.2. The maximum absolute atomic E-state index is 12.5. The van der Waals surface area contributed by atoms with E-state index in [0.29, 0.717) is 12.0 Å². The Morgan fingerprint density at radius 1 is 1.15 bits per heavy atom. The molecule has 0 bridgehead atoms. The van der Waals surface area contributed by atoms with Gasteiger partial charge in [0.1, 0.15) is 18.8 Å². The highest BCUT2D eigenvalue weighted by Crippen LogP contribution is 2.36. The van der Waals surface area contributed by atoms with Gasteiger partial charge in [-0.25, -0.2) is 4.79 Å². The Morgan fingerprint density at radius 2 is 1.85 bits per heavy atom. The number of ketones is 1. The molecule has 0 aliphatic carbocycles. The lowest BCUT2D eigenvalue weighted by molar-refractivity contribution is -0.300. The Balaban J connectivity index is 1.79. The Morgan fingerprint density at radius 3 is 2.47 bits per heavy atom. The summed E-state index contributed by atoms with van der Waals surface area (Å²) >= 11 is 0. The minimum absolute atomic E-state index is 0.0552. The van der Waals surface area contributed by atoms with E-state index in [2.05, 4.69) is 16.9 Å². The number of azide groups is 1. The van der Waals surface area contributed by atoms with Crippen molar-refractivity contribution in [1.29, 1.82) is 0 Å². The molecule has 2 saturated heterocycles. The second kappa shape index (κ2) is 11.8. The number of esters is 1. The van der Waals surface area contributed by atoms with Crippen LogP contribution >= 0.6 is 0 Å². The molecule has 0 amide bonds. The van der Waals surface area contributed by atoms with Gasteiger partial charge >= 0.3 is 5.97 Å². The molecule has 34 heavy (non-hydrogen) atoms. The molecule has 0 N–H and O–H groups in total. The SMILES string of the molecule is CO[C@H]1OC(COC(=O)c2ccccc2)[C@@H](O[C@H]2C[C@@H](C)[C@H](C)C(C(C)=O)O2)[C@H](C)C1N=[N+]=[N-]. The summed E-state index contributed by atoms with van der Waals surface area (Å²) in [7, 11) is 1.45. The van der Waals surface area contributed by atoms with Crippen LogP contribution in [0.2, 0.25) is 0 Å². The number of hydrogen-bond donors (Lipinski definition) is 0. The van der Waals surface area contributed by atoms with Crippen molar-refractivity contribution in [2.75, 3.05) is 13.7 Å². The van der Waals surface area contributed by atoms with Crippen LogP contribution in [0.25, 0.3) is 10.4 Å². The zero-order valence-corrected chi connectivity index (χ0v) is 20.2. The maximum Gasteiger partial charge on any atom is 0.338 e. The van der Waals surface area contributed by atoms with Crippen molar-refractivity contribution in [2.24, 2.45) is 22.9 Å². The highest BCUT2D eigenvalue weighted by Gasteiger charge is 2.47. The average Bonchev–Trinajstić information content (AvgIpc) is 2.83. The molecule has 3 unspecified atom stereocenters. The summed E-state index contributed by atoms with van der Waals surface area (Å²) in [6.07, 6.45) is -2.81. The minimum Gasteiger partial charge on any atom is -0.459 e. The fraction of sp³-hybridized carbons (Fsp3) is 0.667. The van der Waals surface area contributed by atoms with Gasteiger partial charge in [0.05, 0.1) is 17.7 Å². The fourth-order valence-electron chi connectivity index (χ4n) is 4.57. The summed E-state index contributed by atoms with van der Waals surface area (Å²) < 4.78 is 29.3. The van der Waals surface area contributed by atoms with Crippen molar-refractivity contribution < 1.29 is 33.3 Å². The van der Waals surface area contributed by atoms with Crippen LogP contribution in [0.1, 0.15) is 44.5 Å². The van der Waals surface area contributed by atoms with Crippen molar-refractivity contribution in [2.45, 2.75) is 71.0 Å². The summed E-state index contributed by atoms with van der Waals surface area (Å²) in [6, 6.07) is 7.98. The van der Waals surface area contributed by atoms with E-state index in [1.165, 1.54) is 14.0 Å². The van der Waals surface area contributed by atoms with E-state index in [1.807, 2.05) is 19.9 Å². The molecule has 2 aliphatic rings. The van der Waals surface area contributed by atoms with E-state index < -0.39 is 42.9 Å². The average molecular weight is 476 g/mol. The van der Waals surface area contributed by atoms with Crippen LogP contribution in [0.4, 0.5) is 0 Å². The number of benzene rings is 1. The Labute approximate surface area is 199 Å². The van der Waals surface area contributed by atoms with E-state index in [9.17, 15) is 9.59 Å². The summed E-state index contributed by atoms with van der Waals surface area (Å²) in [5.41, 5.74) is 9.48. The van der Waals surface area contributed by atoms with Crippen molar-refractivity contribution in [3.05, 3.63) is 46.3 Å². The third-order valence-corrected chi connectivity index (χ3v) is 6.76. The minimum atomic E-state index is -0.831. The zero-order chi connectivity index (χ0) is 24.8. The molecule has 0 radical (unpaired) electrons. The van der Waals surface area contributed by atoms with Crippen molar-refractivity contribution in [3.8, 4) is 0 Å². The lowest BCUT2D eigenvalue weighted by atomic mass is 9.84. The molecule has 2 fully saturated rings. The van der Waals surface area contributed by atoms with E-state index in [1.54, 1.807) is 24.3 Å². The molecule has 1 aromatic rings. The predicted octanol–water partition coefficient (Wildman–Crippen LogP) is 3.89. The number of carbonyl (C=O) groups is 2. The largest absolute Gasteiger partial charge is 0.459 e. The van der Waals surface area contributed by atoms with Crippen LogP contribution in [-0.2, 0) is 28.5 Å². The summed E-state index contributed by atoms with van der Waals surface area (Å²) in [4.78, 5) is 27.6. The number of carbonyl (C=O) groups excluding carboxylic acids is 2. The first-order valence-corrected chi connectivity index (χ1v) is 11.5. The molecule has 2 heterocycles. The molecule has 2 aliphatic heterocycles. The van der Waals surface area contributed by atoms with Crippen LogP contribution in [0.3, 0.4) is 0 Å². The summed E-state index contributed by atoms with van der Waals surface area (Å²) in [5.74, 6) is -0.630. The first kappa shape index (κ1) is 26.1. The van der Waals surface area contributed by atoms with Crippen molar-refractivity contribution in [3.63, 3.8) is 0 Å². The third-order valence-electron chi connectivity index (χ3n) is 6.76. The topological polar surface area (TPSA) is 129 Å². The molecular formula is C24H33N3O7. The fourth-order valence-corrected chi connectivity index (χ4v) is 4.57. The summed E-state index contributed by atoms with van der Waals surface area (Å²) in [5, 5.41) is 3.86. The number of rotatable bonds is 8. The van der Waals surface area contributed by atoms with Crippen LogP contribution in [0, 0.1) is 17.8 Å². The molecule has 0 saturated carbocycles. The van der Waals surface area contributed by atoms with Gasteiger partial charge in [0.15, 0.2) is 18.4 Å². The van der Waals surface area contributed by atoms with Gasteiger partial charge in [-0.05, 0) is 42.3 Å². The first-order chi connectivity index (χ1) is 16.3. The Hall–Kier alpha value is -2.49. The smallest absolute Gasteiger partial charge is 0.338 e. The standard InChI is InChI=1S/C24H33N3O7/c1-13-11-19(33-21(14(13)2)16(4)28)34-22-15(3)20(26-27-25)24(30-5)32-18(22)12-31-23(29)17-9-7-6-8-10-17/h6-10,13-15,18-22,24H,11-12H2,1-5H3/t13-,14+,15-,18?,19+,20?,21?,22+,24+/m1/s1. The van der Waals surface area contributed by atoms with Crippen LogP contribution in [0.5, 0.6) is 0 Å². The molecule has 10 nitrogen and oxygen atoms in total. The quantitative estimate of drug-likeness (QED) is 0.241. The number of nitrogens with zero attached hydrogens (tertiary/aromatic N) is 3. The van der Waals surface area contributed by atoms with Crippen LogP contribution < -0.4 is 0 Å². The van der Waals surface area contributed by atoms with Crippen molar-refractivity contribution in [1.82, 2.24) is 0 Å². The van der Waals surface area contributed by atoms with Gasteiger partial charge in [0.2, 0.25) is 0 Å². The van der Waals surface area contributed by atoms with E-state index in [4.69, 9.17) is 29.2 Å². The second-order valence-corrected chi connectivity index (χ2v) is 9.07. The molecule has 0 aromatic heterocycles. The van der Waals surface area contributed by atoms with Gasteiger partial charge < -0.3 is 23.7 Å². The maximum atomic E-state index is 12.5. The monoisotopic (exact) mass is 475 g/mol. The summed E-state index contributed by atoms with van der Waals surface area (Å²) in [6.45, 7) is 7.33. The van der Waals surface area contributed by atoms with Crippen molar-refractivity contribution >= 4 is 11.8 Å². The van der Waals surface area contributed by atoms with Crippen LogP contribution in [0.15, 0.2) is 35.4 Å². The molecule has 10 heteroatoms. The van der Waals surface area contributed by atoms with Gasteiger partial charge in [-0.1, -0.05) is 44.1 Å². The number of methoxy groups -OCH3 is 1. The predicted molar refractivity (Wildman–Crippen MR) is 122 cm³/mol. The Kier molecular flexibility index (Phi) is 9.04. The molecule has 3 rings (SSSR count). The molecule has 186 valence electrons. The van der Waals surface area contributed by atoms with E-state index >= 15 is 0 Å². The normalized spacial score (nSPS) is 35.7. The third kappa shape index (κ3) is 5.95. The lowest BCUT2D eigenvalue weighted by Crippen LogP contribution is -2.57. The highest BCUT2D eigenvalue weighted by molar-refractivity contribution is 5.89. The number of hydrogen-bond acceptors (Lipinski definition) is 8. The van der Waals surface area contributed by atoms with Gasteiger partial charge in [0, 0.05) is 18.4 Å². The van der Waals surface area contributed by atoms with E-state index in [0.717, 1.165) is 0 Å². The molecule has 9 atom stereocenters. The van der Waals surface area contributed by atoms with Gasteiger partial charge in [-0.2, -0.15) is 0 Å². The molecule has 1 aromatic carbocycles. The van der Waals surface area contributed by atoms with Gasteiger partial charge in [-0.15, -0.1) is 0 Å². The number of Topliss-reactive ketones (excluding diaryl/α,β-unsaturated/α-hetero) is 1. The van der Waals surface area contributed by atoms with Crippen LogP contribution in [-0.4, -0.2) is 62.4 Å².